The molecule has 1 aromatic heterocycles. The first-order chi connectivity index (χ1) is 10.4. The van der Waals surface area contributed by atoms with Gasteiger partial charge in [-0.3, -0.25) is 0 Å². The fourth-order valence-corrected chi connectivity index (χ4v) is 3.40. The second-order valence-electron chi connectivity index (χ2n) is 5.89. The second-order valence-corrected chi connectivity index (χ2v) is 5.89. The maximum Gasteiger partial charge on any atom is 0.224 e. The summed E-state index contributed by atoms with van der Waals surface area (Å²) in [6.07, 6.45) is 8.06. The van der Waals surface area contributed by atoms with E-state index < -0.39 is 0 Å². The third kappa shape index (κ3) is 2.46. The number of hydrogen-bond donors (Lipinski definition) is 1. The van der Waals surface area contributed by atoms with Gasteiger partial charge < -0.3 is 10.2 Å². The molecule has 108 valence electrons. The molecule has 1 aliphatic carbocycles. The van der Waals surface area contributed by atoms with E-state index in [1.165, 1.54) is 36.9 Å². The number of anilines is 3. The van der Waals surface area contributed by atoms with Crippen LogP contribution in [-0.4, -0.2) is 22.6 Å². The van der Waals surface area contributed by atoms with Gasteiger partial charge in [0.1, 0.15) is 5.82 Å². The van der Waals surface area contributed by atoms with Gasteiger partial charge >= 0.3 is 0 Å². The largest absolute Gasteiger partial charge is 0.351 e. The smallest absolute Gasteiger partial charge is 0.224 e. The molecule has 4 nitrogen and oxygen atoms in total. The van der Waals surface area contributed by atoms with Crippen molar-refractivity contribution in [1.29, 1.82) is 0 Å². The van der Waals surface area contributed by atoms with Gasteiger partial charge in [-0.25, -0.2) is 4.98 Å². The average Bonchev–Trinajstić information content (AvgIpc) is 3.16. The SMILES string of the molecule is c1ccc2c(c1)CCN2c1ccnc(NC2CCCC2)n1. The monoisotopic (exact) mass is 280 g/mol. The van der Waals surface area contributed by atoms with Crippen LogP contribution >= 0.6 is 0 Å². The van der Waals surface area contributed by atoms with Crippen LogP contribution in [0.5, 0.6) is 0 Å². The number of para-hydroxylation sites is 1. The maximum absolute atomic E-state index is 4.72. The van der Waals surface area contributed by atoms with Crippen LogP contribution in [0.25, 0.3) is 0 Å². The second kappa shape index (κ2) is 5.35. The van der Waals surface area contributed by atoms with E-state index in [4.69, 9.17) is 4.98 Å². The quantitative estimate of drug-likeness (QED) is 0.934. The van der Waals surface area contributed by atoms with Gasteiger partial charge in [0, 0.05) is 24.5 Å². The van der Waals surface area contributed by atoms with Crippen LogP contribution in [0.15, 0.2) is 36.5 Å². The summed E-state index contributed by atoms with van der Waals surface area (Å²) in [6.45, 7) is 0.999. The average molecular weight is 280 g/mol. The summed E-state index contributed by atoms with van der Waals surface area (Å²) in [4.78, 5) is 11.4. The standard InChI is InChI=1S/C17H20N4/c1-4-8-15-13(5-1)10-12-21(15)16-9-11-18-17(20-16)19-14-6-2-3-7-14/h1,4-5,8-9,11,14H,2-3,6-7,10,12H2,(H,18,19,20). The molecule has 0 saturated heterocycles. The minimum Gasteiger partial charge on any atom is -0.351 e. The molecule has 1 N–H and O–H groups in total. The number of nitrogens with one attached hydrogen (secondary N) is 1. The van der Waals surface area contributed by atoms with Crippen molar-refractivity contribution in [3.05, 3.63) is 42.1 Å². The fourth-order valence-electron chi connectivity index (χ4n) is 3.40. The van der Waals surface area contributed by atoms with Crippen LogP contribution < -0.4 is 10.2 Å². The van der Waals surface area contributed by atoms with Crippen molar-refractivity contribution in [2.24, 2.45) is 0 Å². The topological polar surface area (TPSA) is 41.1 Å². The Morgan fingerprint density at radius 2 is 1.95 bits per heavy atom. The Bertz CT molecular complexity index is 634. The summed E-state index contributed by atoms with van der Waals surface area (Å²) in [6, 6.07) is 11.1. The lowest BCUT2D eigenvalue weighted by Gasteiger charge is -2.19. The van der Waals surface area contributed by atoms with Crippen LogP contribution in [0, 0.1) is 0 Å². The van der Waals surface area contributed by atoms with Crippen molar-refractivity contribution in [3.8, 4) is 0 Å². The summed E-state index contributed by atoms with van der Waals surface area (Å²) < 4.78 is 0. The lowest BCUT2D eigenvalue weighted by Crippen LogP contribution is -2.19. The van der Waals surface area contributed by atoms with Crippen LogP contribution in [0.1, 0.15) is 31.2 Å². The molecule has 2 heterocycles. The Balaban J connectivity index is 1.58. The summed E-state index contributed by atoms with van der Waals surface area (Å²) >= 11 is 0. The highest BCUT2D eigenvalue weighted by molar-refractivity contribution is 5.67. The lowest BCUT2D eigenvalue weighted by molar-refractivity contribution is 0.743. The highest BCUT2D eigenvalue weighted by Crippen LogP contribution is 2.33. The highest BCUT2D eigenvalue weighted by Gasteiger charge is 2.21. The summed E-state index contributed by atoms with van der Waals surface area (Å²) in [7, 11) is 0. The van der Waals surface area contributed by atoms with E-state index in [-0.39, 0.29) is 0 Å². The third-order valence-corrected chi connectivity index (χ3v) is 4.49. The molecule has 1 saturated carbocycles. The molecule has 1 aliphatic heterocycles. The Kier molecular flexibility index (Phi) is 3.22. The molecule has 0 unspecified atom stereocenters. The Morgan fingerprint density at radius 1 is 1.10 bits per heavy atom. The lowest BCUT2D eigenvalue weighted by atomic mass is 10.2. The van der Waals surface area contributed by atoms with E-state index in [2.05, 4.69) is 39.5 Å². The van der Waals surface area contributed by atoms with E-state index in [0.29, 0.717) is 6.04 Å². The van der Waals surface area contributed by atoms with E-state index in [1.807, 2.05) is 12.3 Å². The number of fused-ring (bicyclic) bond motifs is 1. The molecular formula is C17H20N4. The number of benzene rings is 1. The molecule has 0 radical (unpaired) electrons. The van der Waals surface area contributed by atoms with Gasteiger partial charge in [-0.15, -0.1) is 0 Å². The summed E-state index contributed by atoms with van der Waals surface area (Å²) in [5.74, 6) is 1.76. The van der Waals surface area contributed by atoms with Gasteiger partial charge in [0.15, 0.2) is 0 Å². The highest BCUT2D eigenvalue weighted by atomic mass is 15.2. The Hall–Kier alpha value is -2.10. The molecule has 0 spiro atoms. The Labute approximate surface area is 125 Å². The van der Waals surface area contributed by atoms with Gasteiger partial charge in [0.25, 0.3) is 0 Å². The zero-order chi connectivity index (χ0) is 14.1. The first-order valence-electron chi connectivity index (χ1n) is 7.85. The normalized spacial score (nSPS) is 18.0. The molecule has 2 aliphatic rings. The third-order valence-electron chi connectivity index (χ3n) is 4.49. The number of hydrogen-bond acceptors (Lipinski definition) is 4. The van der Waals surface area contributed by atoms with Crippen molar-refractivity contribution < 1.29 is 0 Å². The molecule has 0 amide bonds. The zero-order valence-electron chi connectivity index (χ0n) is 12.1. The first-order valence-corrected chi connectivity index (χ1v) is 7.85. The van der Waals surface area contributed by atoms with Gasteiger partial charge in [-0.2, -0.15) is 4.98 Å². The van der Waals surface area contributed by atoms with Gasteiger partial charge in [0.2, 0.25) is 5.95 Å². The van der Waals surface area contributed by atoms with Gasteiger partial charge in [-0.05, 0) is 37.0 Å². The molecule has 21 heavy (non-hydrogen) atoms. The molecule has 0 atom stereocenters. The van der Waals surface area contributed by atoms with Crippen LogP contribution in [0.2, 0.25) is 0 Å². The summed E-state index contributed by atoms with van der Waals surface area (Å²) in [5, 5.41) is 3.48. The van der Waals surface area contributed by atoms with Crippen molar-refractivity contribution in [3.63, 3.8) is 0 Å². The first kappa shape index (κ1) is 12.6. The van der Waals surface area contributed by atoms with Gasteiger partial charge in [-0.1, -0.05) is 31.0 Å². The van der Waals surface area contributed by atoms with E-state index >= 15 is 0 Å². The molecular weight excluding hydrogens is 260 g/mol. The van der Waals surface area contributed by atoms with Crippen LogP contribution in [-0.2, 0) is 6.42 Å². The molecule has 1 fully saturated rings. The van der Waals surface area contributed by atoms with Crippen molar-refractivity contribution in [2.45, 2.75) is 38.1 Å². The van der Waals surface area contributed by atoms with E-state index in [9.17, 15) is 0 Å². The van der Waals surface area contributed by atoms with E-state index in [0.717, 1.165) is 24.7 Å². The van der Waals surface area contributed by atoms with Crippen molar-refractivity contribution >= 4 is 17.5 Å². The number of rotatable bonds is 3. The van der Waals surface area contributed by atoms with E-state index in [1.54, 1.807) is 0 Å². The zero-order valence-corrected chi connectivity index (χ0v) is 12.1. The number of nitrogens with zero attached hydrogens (tertiary/aromatic N) is 3. The van der Waals surface area contributed by atoms with Crippen LogP contribution in [0.4, 0.5) is 17.5 Å². The van der Waals surface area contributed by atoms with Crippen molar-refractivity contribution in [1.82, 2.24) is 9.97 Å². The predicted octanol–water partition coefficient (Wildman–Crippen LogP) is 3.53. The molecule has 4 rings (SSSR count). The summed E-state index contributed by atoms with van der Waals surface area (Å²) in [5.41, 5.74) is 2.68. The molecule has 1 aromatic carbocycles. The fraction of sp³-hybridized carbons (Fsp3) is 0.412. The molecule has 0 bridgehead atoms. The molecule has 2 aromatic rings. The minimum atomic E-state index is 0.547. The minimum absolute atomic E-state index is 0.547. The van der Waals surface area contributed by atoms with Crippen molar-refractivity contribution in [2.75, 3.05) is 16.8 Å². The maximum atomic E-state index is 4.72. The van der Waals surface area contributed by atoms with Crippen LogP contribution in [0.3, 0.4) is 0 Å². The van der Waals surface area contributed by atoms with Gasteiger partial charge in [0.05, 0.1) is 0 Å². The predicted molar refractivity (Wildman–Crippen MR) is 85.1 cm³/mol. The molecule has 4 heteroatoms. The Morgan fingerprint density at radius 3 is 2.86 bits per heavy atom. The number of aromatic nitrogens is 2.